The molecule has 1 aliphatic heterocycles. The molecule has 1 aliphatic rings. The molecule has 0 bridgehead atoms. The number of rotatable bonds is 6. The van der Waals surface area contributed by atoms with Crippen molar-refractivity contribution in [2.24, 2.45) is 11.7 Å². The number of hydrogen-bond donors (Lipinski definition) is 2. The second-order valence-corrected chi connectivity index (χ2v) is 6.25. The monoisotopic (exact) mass is 338 g/mol. The highest BCUT2D eigenvalue weighted by atomic mass is 16.5. The molecule has 3 N–H and O–H groups in total. The van der Waals surface area contributed by atoms with Gasteiger partial charge in [0.25, 0.3) is 0 Å². The second-order valence-electron chi connectivity index (χ2n) is 6.25. The third kappa shape index (κ3) is 4.06. The van der Waals surface area contributed by atoms with E-state index in [0.717, 1.165) is 11.1 Å². The van der Waals surface area contributed by atoms with Gasteiger partial charge in [0.05, 0.1) is 12.5 Å². The summed E-state index contributed by atoms with van der Waals surface area (Å²) < 4.78 is 5.27. The lowest BCUT2D eigenvalue weighted by atomic mass is 9.84. The maximum Gasteiger partial charge on any atom is 0.240 e. The van der Waals surface area contributed by atoms with E-state index in [-0.39, 0.29) is 17.7 Å². The molecule has 0 radical (unpaired) electrons. The van der Waals surface area contributed by atoms with Crippen LogP contribution in [0.5, 0.6) is 0 Å². The van der Waals surface area contributed by atoms with Crippen LogP contribution in [0.1, 0.15) is 23.5 Å². The van der Waals surface area contributed by atoms with Crippen LogP contribution in [-0.2, 0) is 14.3 Å². The zero-order valence-electron chi connectivity index (χ0n) is 13.9. The second kappa shape index (κ2) is 7.94. The number of hydrogen-bond acceptors (Lipinski definition) is 3. The van der Waals surface area contributed by atoms with Gasteiger partial charge in [-0.1, -0.05) is 60.7 Å². The zero-order valence-corrected chi connectivity index (χ0v) is 13.9. The number of nitrogens with one attached hydrogen (secondary N) is 1. The van der Waals surface area contributed by atoms with E-state index in [0.29, 0.717) is 19.6 Å². The van der Waals surface area contributed by atoms with E-state index < -0.39 is 11.9 Å². The van der Waals surface area contributed by atoms with Gasteiger partial charge in [0, 0.05) is 12.5 Å². The van der Waals surface area contributed by atoms with Crippen LogP contribution < -0.4 is 11.1 Å². The molecule has 0 aliphatic carbocycles. The number of benzene rings is 2. The molecule has 2 aromatic rings. The number of amides is 2. The first-order chi connectivity index (χ1) is 12.2. The summed E-state index contributed by atoms with van der Waals surface area (Å²) in [5, 5.41) is 2.86. The lowest BCUT2D eigenvalue weighted by Crippen LogP contribution is -2.50. The molecule has 5 heteroatoms. The summed E-state index contributed by atoms with van der Waals surface area (Å²) in [6.07, 6.45) is 0.665. The Hall–Kier alpha value is -2.66. The van der Waals surface area contributed by atoms with E-state index in [1.807, 2.05) is 60.7 Å². The largest absolute Gasteiger partial charge is 0.381 e. The Labute approximate surface area is 147 Å². The van der Waals surface area contributed by atoms with E-state index in [2.05, 4.69) is 5.32 Å². The Morgan fingerprint density at radius 2 is 1.56 bits per heavy atom. The molecule has 2 atom stereocenters. The molecule has 0 saturated carbocycles. The first-order valence-electron chi connectivity index (χ1n) is 8.44. The van der Waals surface area contributed by atoms with Gasteiger partial charge in [-0.2, -0.15) is 0 Å². The molecule has 1 heterocycles. The minimum atomic E-state index is -0.821. The minimum Gasteiger partial charge on any atom is -0.381 e. The molecule has 0 spiro atoms. The topological polar surface area (TPSA) is 81.4 Å². The molecule has 2 amide bonds. The molecular formula is C20H22N2O3. The molecule has 1 saturated heterocycles. The van der Waals surface area contributed by atoms with Crippen molar-refractivity contribution in [2.45, 2.75) is 18.4 Å². The molecule has 1 fully saturated rings. The quantitative estimate of drug-likeness (QED) is 0.843. The van der Waals surface area contributed by atoms with Gasteiger partial charge in [-0.05, 0) is 17.5 Å². The number of primary amides is 1. The highest BCUT2D eigenvalue weighted by molar-refractivity contribution is 5.89. The van der Waals surface area contributed by atoms with E-state index in [9.17, 15) is 9.59 Å². The van der Waals surface area contributed by atoms with E-state index in [1.54, 1.807) is 0 Å². The van der Waals surface area contributed by atoms with Crippen molar-refractivity contribution in [2.75, 3.05) is 13.2 Å². The average Bonchev–Trinajstić information content (AvgIpc) is 3.17. The smallest absolute Gasteiger partial charge is 0.240 e. The Morgan fingerprint density at radius 3 is 2.00 bits per heavy atom. The highest BCUT2D eigenvalue weighted by Gasteiger charge is 2.33. The molecule has 130 valence electrons. The number of ether oxygens (including phenoxy) is 1. The molecule has 3 rings (SSSR count). The summed E-state index contributed by atoms with van der Waals surface area (Å²) in [5.74, 6) is -1.30. The van der Waals surface area contributed by atoms with Crippen LogP contribution in [0.15, 0.2) is 60.7 Å². The molecule has 2 aromatic carbocycles. The predicted molar refractivity (Wildman–Crippen MR) is 94.8 cm³/mol. The number of nitrogens with two attached hydrogens (primary N) is 1. The third-order valence-electron chi connectivity index (χ3n) is 4.56. The van der Waals surface area contributed by atoms with Crippen LogP contribution in [-0.4, -0.2) is 31.1 Å². The minimum absolute atomic E-state index is 0.182. The first-order valence-corrected chi connectivity index (χ1v) is 8.44. The average molecular weight is 338 g/mol. The fraction of sp³-hybridized carbons (Fsp3) is 0.300. The highest BCUT2D eigenvalue weighted by Crippen LogP contribution is 2.28. The van der Waals surface area contributed by atoms with Crippen LogP contribution in [0.3, 0.4) is 0 Å². The van der Waals surface area contributed by atoms with Gasteiger partial charge in [0.1, 0.15) is 6.04 Å². The van der Waals surface area contributed by atoms with Gasteiger partial charge >= 0.3 is 0 Å². The summed E-state index contributed by atoms with van der Waals surface area (Å²) in [6, 6.07) is 18.4. The maximum absolute atomic E-state index is 12.5. The van der Waals surface area contributed by atoms with Gasteiger partial charge in [0.2, 0.25) is 11.8 Å². The standard InChI is InChI=1S/C20H22N2O3/c21-19(23)18(22-20(24)16-11-12-25-13-16)17(14-7-3-1-4-8-14)15-9-5-2-6-10-15/h1-10,16-18H,11-13H2,(H2,21,23)(H,22,24)/t16-,18+/m0/s1. The molecule has 0 unspecified atom stereocenters. The molecule has 5 nitrogen and oxygen atoms in total. The lowest BCUT2D eigenvalue weighted by Gasteiger charge is -2.27. The van der Waals surface area contributed by atoms with Gasteiger partial charge in [-0.25, -0.2) is 0 Å². The summed E-state index contributed by atoms with van der Waals surface area (Å²) >= 11 is 0. The van der Waals surface area contributed by atoms with Crippen LogP contribution in [0.25, 0.3) is 0 Å². The summed E-state index contributed by atoms with van der Waals surface area (Å²) in [5.41, 5.74) is 7.54. The third-order valence-corrected chi connectivity index (χ3v) is 4.56. The molecule has 25 heavy (non-hydrogen) atoms. The zero-order chi connectivity index (χ0) is 17.6. The van der Waals surface area contributed by atoms with Crippen LogP contribution >= 0.6 is 0 Å². The molecule has 0 aromatic heterocycles. The van der Waals surface area contributed by atoms with Crippen LogP contribution in [0.4, 0.5) is 0 Å². The van der Waals surface area contributed by atoms with Gasteiger partial charge in [-0.3, -0.25) is 9.59 Å². The van der Waals surface area contributed by atoms with Gasteiger partial charge < -0.3 is 15.8 Å². The summed E-state index contributed by atoms with van der Waals surface area (Å²) in [6.45, 7) is 0.957. The van der Waals surface area contributed by atoms with E-state index >= 15 is 0 Å². The van der Waals surface area contributed by atoms with E-state index in [1.165, 1.54) is 0 Å². The van der Waals surface area contributed by atoms with Crippen molar-refractivity contribution in [1.82, 2.24) is 5.32 Å². The summed E-state index contributed by atoms with van der Waals surface area (Å²) in [7, 11) is 0. The van der Waals surface area contributed by atoms with Gasteiger partial charge in [-0.15, -0.1) is 0 Å². The Balaban J connectivity index is 1.93. The van der Waals surface area contributed by atoms with Crippen LogP contribution in [0, 0.1) is 5.92 Å². The van der Waals surface area contributed by atoms with Crippen LogP contribution in [0.2, 0.25) is 0 Å². The Morgan fingerprint density at radius 1 is 1.00 bits per heavy atom. The predicted octanol–water partition coefficient (Wildman–Crippen LogP) is 1.83. The normalized spacial score (nSPS) is 18.0. The van der Waals surface area contributed by atoms with Gasteiger partial charge in [0.15, 0.2) is 0 Å². The van der Waals surface area contributed by atoms with Crippen molar-refractivity contribution in [3.8, 4) is 0 Å². The maximum atomic E-state index is 12.5. The van der Waals surface area contributed by atoms with Crippen molar-refractivity contribution in [3.63, 3.8) is 0 Å². The molecular weight excluding hydrogens is 316 g/mol. The SMILES string of the molecule is NC(=O)[C@H](NC(=O)[C@H]1CCOC1)C(c1ccccc1)c1ccccc1. The first kappa shape index (κ1) is 17.2. The van der Waals surface area contributed by atoms with Crippen molar-refractivity contribution in [1.29, 1.82) is 0 Å². The number of carbonyl (C=O) groups excluding carboxylic acids is 2. The van der Waals surface area contributed by atoms with E-state index in [4.69, 9.17) is 10.5 Å². The lowest BCUT2D eigenvalue weighted by molar-refractivity contribution is -0.130. The Bertz CT molecular complexity index is 673. The fourth-order valence-corrected chi connectivity index (χ4v) is 3.23. The van der Waals surface area contributed by atoms with Crippen molar-refractivity contribution in [3.05, 3.63) is 71.8 Å². The Kier molecular flexibility index (Phi) is 5.46. The number of carbonyl (C=O) groups is 2. The fourth-order valence-electron chi connectivity index (χ4n) is 3.23. The van der Waals surface area contributed by atoms with Crippen molar-refractivity contribution < 1.29 is 14.3 Å². The van der Waals surface area contributed by atoms with Crippen molar-refractivity contribution >= 4 is 11.8 Å². The summed E-state index contributed by atoms with van der Waals surface area (Å²) in [4.78, 5) is 24.7.